The van der Waals surface area contributed by atoms with Crippen molar-refractivity contribution in [1.82, 2.24) is 10.1 Å². The Kier molecular flexibility index (Phi) is 5.02. The van der Waals surface area contributed by atoms with E-state index >= 15 is 0 Å². The summed E-state index contributed by atoms with van der Waals surface area (Å²) in [6, 6.07) is 9.63. The highest BCUT2D eigenvalue weighted by Gasteiger charge is 2.13. The number of aromatic nitrogens is 2. The van der Waals surface area contributed by atoms with Gasteiger partial charge in [-0.05, 0) is 24.3 Å². The lowest BCUT2D eigenvalue weighted by atomic mass is 10.1. The van der Waals surface area contributed by atoms with E-state index in [-0.39, 0.29) is 17.7 Å². The fourth-order valence-corrected chi connectivity index (χ4v) is 2.27. The maximum absolute atomic E-state index is 11.9. The number of nitrogens with one attached hydrogen (secondary N) is 1. The van der Waals surface area contributed by atoms with Crippen LogP contribution in [0.3, 0.4) is 0 Å². The number of nitrogens with zero attached hydrogens (tertiary/aromatic N) is 1. The van der Waals surface area contributed by atoms with Crippen molar-refractivity contribution in [1.29, 1.82) is 0 Å². The number of carbonyl (C=O) groups excluding carboxylic acids is 1. The molecule has 0 saturated carbocycles. The van der Waals surface area contributed by atoms with Crippen LogP contribution in [0.1, 0.15) is 16.1 Å². The van der Waals surface area contributed by atoms with E-state index in [1.807, 2.05) is 0 Å². The molecule has 0 radical (unpaired) electrons. The van der Waals surface area contributed by atoms with Crippen LogP contribution < -0.4 is 15.0 Å². The average molecular weight is 356 g/mol. The summed E-state index contributed by atoms with van der Waals surface area (Å²) in [5.74, 6) is 1.09. The molecular formula is C18H16N2O6. The molecule has 0 aliphatic rings. The third-order valence-electron chi connectivity index (χ3n) is 3.60. The van der Waals surface area contributed by atoms with Crippen molar-refractivity contribution in [3.63, 3.8) is 0 Å². The Morgan fingerprint density at radius 3 is 2.62 bits per heavy atom. The molecule has 0 bridgehead atoms. The predicted molar refractivity (Wildman–Crippen MR) is 91.2 cm³/mol. The average Bonchev–Trinajstić information content (AvgIpc) is 3.15. The van der Waals surface area contributed by atoms with E-state index in [0.717, 1.165) is 5.56 Å². The highest BCUT2D eigenvalue weighted by Crippen LogP contribution is 2.32. The van der Waals surface area contributed by atoms with Crippen molar-refractivity contribution < 1.29 is 23.5 Å². The quantitative estimate of drug-likeness (QED) is 0.676. The number of benzene rings is 1. The number of ether oxygens (including phenoxy) is 3. The van der Waals surface area contributed by atoms with Gasteiger partial charge in [0, 0.05) is 23.9 Å². The first-order chi connectivity index (χ1) is 12.6. The van der Waals surface area contributed by atoms with E-state index in [4.69, 9.17) is 18.7 Å². The fraction of sp³-hybridized carbons (Fsp3) is 0.167. The van der Waals surface area contributed by atoms with Crippen LogP contribution in [0.4, 0.5) is 0 Å². The minimum Gasteiger partial charge on any atom is -0.493 e. The number of aromatic amines is 1. The second kappa shape index (κ2) is 7.56. The minimum absolute atomic E-state index is 0.0608. The molecule has 0 fully saturated rings. The molecule has 8 heteroatoms. The zero-order valence-electron chi connectivity index (χ0n) is 14.1. The zero-order valence-corrected chi connectivity index (χ0v) is 14.1. The molecule has 3 rings (SSSR count). The Balaban J connectivity index is 1.69. The third-order valence-corrected chi connectivity index (χ3v) is 3.60. The molecule has 0 amide bonds. The normalized spacial score (nSPS) is 10.4. The van der Waals surface area contributed by atoms with Gasteiger partial charge >= 0.3 is 5.97 Å². The molecule has 2 heterocycles. The van der Waals surface area contributed by atoms with Gasteiger partial charge in [-0.15, -0.1) is 0 Å². The highest BCUT2D eigenvalue weighted by molar-refractivity contribution is 5.88. The van der Waals surface area contributed by atoms with Gasteiger partial charge in [0.25, 0.3) is 0 Å². The van der Waals surface area contributed by atoms with Crippen LogP contribution in [0.25, 0.3) is 11.3 Å². The Morgan fingerprint density at radius 1 is 1.12 bits per heavy atom. The molecule has 0 aliphatic carbocycles. The van der Waals surface area contributed by atoms with E-state index < -0.39 is 5.97 Å². The van der Waals surface area contributed by atoms with Crippen LogP contribution in [0.15, 0.2) is 51.9 Å². The van der Waals surface area contributed by atoms with Gasteiger partial charge in [0.15, 0.2) is 17.3 Å². The molecule has 0 spiro atoms. The van der Waals surface area contributed by atoms with E-state index in [1.165, 1.54) is 18.3 Å². The van der Waals surface area contributed by atoms with Gasteiger partial charge in [-0.25, -0.2) is 4.79 Å². The maximum atomic E-state index is 11.9. The van der Waals surface area contributed by atoms with Crippen molar-refractivity contribution >= 4 is 5.97 Å². The molecule has 2 aromatic heterocycles. The van der Waals surface area contributed by atoms with Gasteiger partial charge in [-0.3, -0.25) is 4.79 Å². The molecule has 0 aliphatic heterocycles. The number of esters is 1. The first-order valence-corrected chi connectivity index (χ1v) is 7.64. The van der Waals surface area contributed by atoms with Crippen LogP contribution >= 0.6 is 0 Å². The summed E-state index contributed by atoms with van der Waals surface area (Å²) in [4.78, 5) is 25.3. The van der Waals surface area contributed by atoms with E-state index in [0.29, 0.717) is 23.0 Å². The predicted octanol–water partition coefficient (Wildman–Crippen LogP) is 2.40. The Hall–Kier alpha value is -3.55. The Bertz CT molecular complexity index is 955. The van der Waals surface area contributed by atoms with Crippen LogP contribution in [-0.2, 0) is 11.3 Å². The first kappa shape index (κ1) is 17.3. The van der Waals surface area contributed by atoms with Crippen LogP contribution in [0.5, 0.6) is 11.5 Å². The number of carbonyl (C=O) groups is 1. The van der Waals surface area contributed by atoms with E-state index in [1.54, 1.807) is 38.5 Å². The van der Waals surface area contributed by atoms with Crippen molar-refractivity contribution in [3.8, 4) is 22.8 Å². The summed E-state index contributed by atoms with van der Waals surface area (Å²) in [5.41, 5.74) is 1.15. The molecule has 1 N–H and O–H groups in total. The number of hydrogen-bond acceptors (Lipinski definition) is 7. The molecule has 3 aromatic rings. The zero-order chi connectivity index (χ0) is 18.5. The summed E-state index contributed by atoms with van der Waals surface area (Å²) in [5, 5.41) is 3.89. The lowest BCUT2D eigenvalue weighted by Crippen LogP contribution is -2.09. The second-order valence-electron chi connectivity index (χ2n) is 5.27. The minimum atomic E-state index is -0.572. The monoisotopic (exact) mass is 356 g/mol. The Labute approximate surface area is 148 Å². The lowest BCUT2D eigenvalue weighted by molar-refractivity contribution is 0.0464. The van der Waals surface area contributed by atoms with Gasteiger partial charge < -0.3 is 23.7 Å². The second-order valence-corrected chi connectivity index (χ2v) is 5.27. The smallest absolute Gasteiger partial charge is 0.340 e. The van der Waals surface area contributed by atoms with Crippen LogP contribution in [0, 0.1) is 0 Å². The largest absolute Gasteiger partial charge is 0.493 e. The molecule has 0 unspecified atom stereocenters. The number of pyridine rings is 1. The van der Waals surface area contributed by atoms with Crippen LogP contribution in [0.2, 0.25) is 0 Å². The van der Waals surface area contributed by atoms with Crippen molar-refractivity contribution in [2.75, 3.05) is 14.2 Å². The number of H-pyrrole nitrogens is 1. The molecule has 0 saturated heterocycles. The Morgan fingerprint density at radius 2 is 1.92 bits per heavy atom. The molecule has 26 heavy (non-hydrogen) atoms. The molecule has 134 valence electrons. The standard InChI is InChI=1S/C18H16N2O6/c1-23-14-5-3-11(7-16(14)24-2)15-8-13(20-26-15)10-25-18(22)12-4-6-17(21)19-9-12/h3-9H,10H2,1-2H3,(H,19,21). The van der Waals surface area contributed by atoms with Gasteiger partial charge in [0.05, 0.1) is 19.8 Å². The SMILES string of the molecule is COc1ccc(-c2cc(COC(=O)c3ccc(=O)[nH]c3)no2)cc1OC. The van der Waals surface area contributed by atoms with Gasteiger partial charge in [0.1, 0.15) is 12.3 Å². The van der Waals surface area contributed by atoms with Crippen molar-refractivity contribution in [3.05, 3.63) is 64.2 Å². The van der Waals surface area contributed by atoms with E-state index in [2.05, 4.69) is 10.1 Å². The first-order valence-electron chi connectivity index (χ1n) is 7.64. The van der Waals surface area contributed by atoms with Crippen molar-refractivity contribution in [2.24, 2.45) is 0 Å². The molecule has 0 atom stereocenters. The lowest BCUT2D eigenvalue weighted by Gasteiger charge is -2.07. The third kappa shape index (κ3) is 3.75. The van der Waals surface area contributed by atoms with Gasteiger partial charge in [0.2, 0.25) is 5.56 Å². The number of rotatable bonds is 6. The maximum Gasteiger partial charge on any atom is 0.340 e. The highest BCUT2D eigenvalue weighted by atomic mass is 16.5. The topological polar surface area (TPSA) is 104 Å². The molecule has 8 nitrogen and oxygen atoms in total. The number of methoxy groups -OCH3 is 2. The summed E-state index contributed by atoms with van der Waals surface area (Å²) < 4.78 is 20.9. The van der Waals surface area contributed by atoms with E-state index in [9.17, 15) is 9.59 Å². The summed E-state index contributed by atoms with van der Waals surface area (Å²) >= 11 is 0. The molecule has 1 aromatic carbocycles. The fourth-order valence-electron chi connectivity index (χ4n) is 2.27. The van der Waals surface area contributed by atoms with Gasteiger partial charge in [-0.1, -0.05) is 5.16 Å². The summed E-state index contributed by atoms with van der Waals surface area (Å²) in [6.07, 6.45) is 1.29. The molecular weight excluding hydrogens is 340 g/mol. The summed E-state index contributed by atoms with van der Waals surface area (Å²) in [6.45, 7) is -0.0608. The van der Waals surface area contributed by atoms with Gasteiger partial charge in [-0.2, -0.15) is 0 Å². The number of hydrogen-bond donors (Lipinski definition) is 1. The van der Waals surface area contributed by atoms with Crippen molar-refractivity contribution in [2.45, 2.75) is 6.61 Å². The van der Waals surface area contributed by atoms with Crippen LogP contribution in [-0.4, -0.2) is 30.3 Å². The summed E-state index contributed by atoms with van der Waals surface area (Å²) in [7, 11) is 3.10.